The normalized spacial score (nSPS) is 8.36. The lowest BCUT2D eigenvalue weighted by atomic mass is 10.4. The summed E-state index contributed by atoms with van der Waals surface area (Å²) in [5.41, 5.74) is 0. The molecular weight excluding hydrogens is 150 g/mol. The fourth-order valence-electron chi connectivity index (χ4n) is 0.315. The van der Waals surface area contributed by atoms with Crippen LogP contribution in [0.25, 0.3) is 0 Å². The van der Waals surface area contributed by atoms with Gasteiger partial charge in [0.1, 0.15) is 0 Å². The molecule has 1 amide bonds. The van der Waals surface area contributed by atoms with E-state index in [0.29, 0.717) is 0 Å². The Hall–Kier alpha value is -1.65. The maximum absolute atomic E-state index is 10.4. The van der Waals surface area contributed by atoms with Gasteiger partial charge in [0.05, 0.1) is 6.54 Å². The van der Waals surface area contributed by atoms with Crippen LogP contribution in [0.3, 0.4) is 0 Å². The van der Waals surface area contributed by atoms with Gasteiger partial charge in [-0.3, -0.25) is 9.59 Å². The van der Waals surface area contributed by atoms with E-state index in [2.05, 4.69) is 6.58 Å². The molecule has 60 valence electrons. The Morgan fingerprint density at radius 2 is 2.00 bits per heavy atom. The number of carbonyl (C=O) groups is 3. The third-order valence-electron chi connectivity index (χ3n) is 0.847. The van der Waals surface area contributed by atoms with Crippen LogP contribution >= 0.6 is 0 Å². The summed E-state index contributed by atoms with van der Waals surface area (Å²) in [5.74, 6) is -3.19. The molecule has 0 rings (SSSR count). The predicted molar refractivity (Wildman–Crippen MR) is 35.8 cm³/mol. The molecule has 0 saturated heterocycles. The monoisotopic (exact) mass is 157 g/mol. The molecule has 0 bridgehead atoms. The van der Waals surface area contributed by atoms with Gasteiger partial charge in [-0.15, -0.1) is 0 Å². The van der Waals surface area contributed by atoms with Crippen molar-refractivity contribution in [3.8, 4) is 0 Å². The van der Waals surface area contributed by atoms with E-state index in [0.717, 1.165) is 6.08 Å². The maximum atomic E-state index is 10.4. The average Bonchev–Trinajstić information content (AvgIpc) is 1.99. The number of carboxylic acid groups (broad SMARTS) is 1. The minimum atomic E-state index is -1.56. The largest absolute Gasteiger partial charge is 0.475 e. The van der Waals surface area contributed by atoms with Gasteiger partial charge in [-0.2, -0.15) is 0 Å². The van der Waals surface area contributed by atoms with Crippen molar-refractivity contribution >= 4 is 17.7 Å². The Balaban J connectivity index is 3.71. The van der Waals surface area contributed by atoms with E-state index in [4.69, 9.17) is 5.11 Å². The molecule has 11 heavy (non-hydrogen) atoms. The molecular formula is C6H7NO4. The smallest absolute Gasteiger partial charge is 0.374 e. The third-order valence-corrected chi connectivity index (χ3v) is 0.847. The lowest BCUT2D eigenvalue weighted by Crippen LogP contribution is -2.31. The van der Waals surface area contributed by atoms with Crippen molar-refractivity contribution < 1.29 is 19.5 Å². The summed E-state index contributed by atoms with van der Waals surface area (Å²) >= 11 is 0. The van der Waals surface area contributed by atoms with E-state index >= 15 is 0 Å². The zero-order chi connectivity index (χ0) is 8.85. The number of carboxylic acids is 1. The van der Waals surface area contributed by atoms with Crippen LogP contribution in [0.2, 0.25) is 0 Å². The second kappa shape index (κ2) is 4.21. The fraction of sp³-hybridized carbons (Fsp3) is 0.167. The Morgan fingerprint density at radius 3 is 2.36 bits per heavy atom. The van der Waals surface area contributed by atoms with Crippen LogP contribution < -0.4 is 5.32 Å². The van der Waals surface area contributed by atoms with Gasteiger partial charge in [0.15, 0.2) is 0 Å². The van der Waals surface area contributed by atoms with Crippen LogP contribution in [0, 0.1) is 0 Å². The minimum absolute atomic E-state index is 0.500. The van der Waals surface area contributed by atoms with Crippen LogP contribution in [-0.4, -0.2) is 29.3 Å². The molecule has 2 N–H and O–H groups in total. The highest BCUT2D eigenvalue weighted by Crippen LogP contribution is 1.71. The van der Waals surface area contributed by atoms with Gasteiger partial charge in [0, 0.05) is 0 Å². The van der Waals surface area contributed by atoms with Gasteiger partial charge in [-0.1, -0.05) is 6.58 Å². The number of hydrogen-bond donors (Lipinski definition) is 2. The molecule has 0 aliphatic carbocycles. The number of ketones is 1. The SMILES string of the molecule is C=CC(=O)NCC(=O)C(=O)O. The topological polar surface area (TPSA) is 83.5 Å². The number of rotatable bonds is 4. The summed E-state index contributed by atoms with van der Waals surface area (Å²) in [6.07, 6.45) is 0.954. The number of amides is 1. The second-order valence-electron chi connectivity index (χ2n) is 1.65. The van der Waals surface area contributed by atoms with Crippen molar-refractivity contribution in [3.05, 3.63) is 12.7 Å². The number of hydrogen-bond acceptors (Lipinski definition) is 3. The Labute approximate surface area is 62.7 Å². The van der Waals surface area contributed by atoms with Crippen molar-refractivity contribution in [2.24, 2.45) is 0 Å². The molecule has 0 aliphatic heterocycles. The van der Waals surface area contributed by atoms with Gasteiger partial charge in [-0.25, -0.2) is 4.79 Å². The summed E-state index contributed by atoms with van der Waals surface area (Å²) < 4.78 is 0. The molecule has 0 aromatic rings. The average molecular weight is 157 g/mol. The molecule has 5 nitrogen and oxygen atoms in total. The Morgan fingerprint density at radius 1 is 1.45 bits per heavy atom. The third kappa shape index (κ3) is 3.85. The molecule has 0 aromatic heterocycles. The van der Waals surface area contributed by atoms with E-state index in [1.165, 1.54) is 0 Å². The highest BCUT2D eigenvalue weighted by atomic mass is 16.4. The Kier molecular flexibility index (Phi) is 3.58. The predicted octanol–water partition coefficient (Wildman–Crippen LogP) is -1.06. The van der Waals surface area contributed by atoms with Gasteiger partial charge >= 0.3 is 5.97 Å². The highest BCUT2D eigenvalue weighted by molar-refractivity contribution is 6.33. The second-order valence-corrected chi connectivity index (χ2v) is 1.65. The molecule has 0 atom stereocenters. The van der Waals surface area contributed by atoms with Crippen LogP contribution in [0.4, 0.5) is 0 Å². The van der Waals surface area contributed by atoms with Gasteiger partial charge in [0.2, 0.25) is 5.91 Å². The standard InChI is InChI=1S/C6H7NO4/c1-2-5(9)7-3-4(8)6(10)11/h2H,1,3H2,(H,7,9)(H,10,11). The minimum Gasteiger partial charge on any atom is -0.475 e. The van der Waals surface area contributed by atoms with Crippen LogP contribution in [-0.2, 0) is 14.4 Å². The molecule has 0 aliphatic rings. The van der Waals surface area contributed by atoms with Gasteiger partial charge in [0.25, 0.3) is 5.78 Å². The molecule has 0 heterocycles. The quantitative estimate of drug-likeness (QED) is 0.402. The molecule has 0 radical (unpaired) electrons. The molecule has 0 spiro atoms. The van der Waals surface area contributed by atoms with E-state index in [-0.39, 0.29) is 0 Å². The van der Waals surface area contributed by atoms with E-state index in [9.17, 15) is 14.4 Å². The summed E-state index contributed by atoms with van der Waals surface area (Å²) in [7, 11) is 0. The first-order valence-electron chi connectivity index (χ1n) is 2.74. The molecule has 0 unspecified atom stereocenters. The number of Topliss-reactive ketones (excluding diaryl/α,β-unsaturated/α-hetero) is 1. The zero-order valence-corrected chi connectivity index (χ0v) is 5.66. The summed E-state index contributed by atoms with van der Waals surface area (Å²) in [6.45, 7) is 2.61. The van der Waals surface area contributed by atoms with Crippen LogP contribution in [0.1, 0.15) is 0 Å². The first-order chi connectivity index (χ1) is 5.07. The fourth-order valence-corrected chi connectivity index (χ4v) is 0.315. The van der Waals surface area contributed by atoms with E-state index < -0.39 is 24.2 Å². The lowest BCUT2D eigenvalue weighted by molar-refractivity contribution is -0.148. The number of nitrogens with one attached hydrogen (secondary N) is 1. The van der Waals surface area contributed by atoms with Gasteiger partial charge < -0.3 is 10.4 Å². The van der Waals surface area contributed by atoms with Crippen molar-refractivity contribution in [2.45, 2.75) is 0 Å². The van der Waals surface area contributed by atoms with Crippen molar-refractivity contribution in [2.75, 3.05) is 6.54 Å². The molecule has 5 heteroatoms. The summed E-state index contributed by atoms with van der Waals surface area (Å²) in [5, 5.41) is 10.1. The van der Waals surface area contributed by atoms with E-state index in [1.54, 1.807) is 0 Å². The summed E-state index contributed by atoms with van der Waals surface area (Å²) in [4.78, 5) is 30.6. The summed E-state index contributed by atoms with van der Waals surface area (Å²) in [6, 6.07) is 0. The van der Waals surface area contributed by atoms with Gasteiger partial charge in [-0.05, 0) is 6.08 Å². The van der Waals surface area contributed by atoms with Crippen molar-refractivity contribution in [1.82, 2.24) is 5.32 Å². The molecule has 0 fully saturated rings. The van der Waals surface area contributed by atoms with E-state index in [1.807, 2.05) is 5.32 Å². The molecule has 0 saturated carbocycles. The number of carbonyl (C=O) groups excluding carboxylic acids is 2. The Bertz CT molecular complexity index is 209. The lowest BCUT2D eigenvalue weighted by Gasteiger charge is -1.95. The number of aliphatic carboxylic acids is 1. The maximum Gasteiger partial charge on any atom is 0.374 e. The first-order valence-corrected chi connectivity index (χ1v) is 2.74. The van der Waals surface area contributed by atoms with Crippen molar-refractivity contribution in [1.29, 1.82) is 0 Å². The molecule has 0 aromatic carbocycles. The van der Waals surface area contributed by atoms with Crippen LogP contribution in [0.15, 0.2) is 12.7 Å². The first kappa shape index (κ1) is 9.35. The zero-order valence-electron chi connectivity index (χ0n) is 5.66. The highest BCUT2D eigenvalue weighted by Gasteiger charge is 2.10. The van der Waals surface area contributed by atoms with Crippen LogP contribution in [0.5, 0.6) is 0 Å². The van der Waals surface area contributed by atoms with Crippen molar-refractivity contribution in [3.63, 3.8) is 0 Å².